The van der Waals surface area contributed by atoms with Crippen molar-refractivity contribution in [3.8, 4) is 0 Å². The van der Waals surface area contributed by atoms with Crippen LogP contribution in [0.15, 0.2) is 4.99 Å². The summed E-state index contributed by atoms with van der Waals surface area (Å²) in [6.45, 7) is 12.6. The number of hydrogen-bond acceptors (Lipinski definition) is 4. The van der Waals surface area contributed by atoms with Gasteiger partial charge in [0.25, 0.3) is 0 Å². The van der Waals surface area contributed by atoms with Crippen molar-refractivity contribution in [1.29, 1.82) is 0 Å². The Kier molecular flexibility index (Phi) is 7.99. The van der Waals surface area contributed by atoms with Crippen molar-refractivity contribution in [1.82, 2.24) is 15.5 Å². The Morgan fingerprint density at radius 2 is 1.92 bits per heavy atom. The first-order valence-corrected chi connectivity index (χ1v) is 9.04. The van der Waals surface area contributed by atoms with Crippen molar-refractivity contribution in [3.63, 3.8) is 0 Å². The van der Waals surface area contributed by atoms with E-state index in [0.717, 1.165) is 31.9 Å². The molecular formula is C18H36N4O3. The van der Waals surface area contributed by atoms with Gasteiger partial charge in [0.2, 0.25) is 0 Å². The number of likely N-dealkylation sites (tertiary alicyclic amines) is 1. The second-order valence-corrected chi connectivity index (χ2v) is 8.21. The van der Waals surface area contributed by atoms with E-state index >= 15 is 0 Å². The van der Waals surface area contributed by atoms with Crippen molar-refractivity contribution in [2.24, 2.45) is 10.9 Å². The number of hydrogen-bond donors (Lipinski definition) is 2. The highest BCUT2D eigenvalue weighted by molar-refractivity contribution is 5.79. The molecule has 0 aromatic heterocycles. The number of piperidine rings is 1. The predicted molar refractivity (Wildman–Crippen MR) is 101 cm³/mol. The molecule has 1 unspecified atom stereocenters. The number of aliphatic imine (C=N–C) groups is 1. The van der Waals surface area contributed by atoms with Crippen molar-refractivity contribution in [2.45, 2.75) is 58.7 Å². The van der Waals surface area contributed by atoms with Gasteiger partial charge >= 0.3 is 6.09 Å². The number of amides is 1. The fourth-order valence-electron chi connectivity index (χ4n) is 2.55. The Labute approximate surface area is 152 Å². The van der Waals surface area contributed by atoms with E-state index in [1.54, 1.807) is 14.2 Å². The predicted octanol–water partition coefficient (Wildman–Crippen LogP) is 2.22. The molecule has 1 amide bonds. The summed E-state index contributed by atoms with van der Waals surface area (Å²) in [6.07, 6.45) is 1.86. The van der Waals surface area contributed by atoms with Crippen LogP contribution in [0.1, 0.15) is 47.5 Å². The number of carbonyl (C=O) groups is 1. The average Bonchev–Trinajstić information content (AvgIpc) is 2.53. The maximum absolute atomic E-state index is 12.2. The molecule has 0 aliphatic carbocycles. The molecule has 1 atom stereocenters. The van der Waals surface area contributed by atoms with Crippen LogP contribution in [0, 0.1) is 5.92 Å². The highest BCUT2D eigenvalue weighted by Crippen LogP contribution is 2.18. The molecule has 7 nitrogen and oxygen atoms in total. The average molecular weight is 357 g/mol. The molecule has 2 N–H and O–H groups in total. The van der Waals surface area contributed by atoms with Gasteiger partial charge in [0, 0.05) is 40.3 Å². The number of ether oxygens (including phenoxy) is 2. The molecule has 1 aliphatic heterocycles. The summed E-state index contributed by atoms with van der Waals surface area (Å²) in [7, 11) is 3.45. The summed E-state index contributed by atoms with van der Waals surface area (Å²) in [6, 6.07) is 0. The minimum Gasteiger partial charge on any atom is -0.444 e. The molecule has 1 aliphatic rings. The fraction of sp³-hybridized carbons (Fsp3) is 0.889. The van der Waals surface area contributed by atoms with Gasteiger partial charge in [0.1, 0.15) is 5.60 Å². The molecule has 146 valence electrons. The maximum atomic E-state index is 12.2. The number of carbonyl (C=O) groups excluding carboxylic acids is 1. The molecule has 0 radical (unpaired) electrons. The third-order valence-electron chi connectivity index (χ3n) is 4.19. The highest BCUT2D eigenvalue weighted by atomic mass is 16.6. The Hall–Kier alpha value is -1.50. The quantitative estimate of drug-likeness (QED) is 0.584. The lowest BCUT2D eigenvalue weighted by Gasteiger charge is -2.34. The van der Waals surface area contributed by atoms with Crippen molar-refractivity contribution in [3.05, 3.63) is 0 Å². The Morgan fingerprint density at radius 3 is 2.48 bits per heavy atom. The van der Waals surface area contributed by atoms with Crippen LogP contribution in [0.4, 0.5) is 4.79 Å². The minimum absolute atomic E-state index is 0.221. The van der Waals surface area contributed by atoms with E-state index < -0.39 is 5.60 Å². The third-order valence-corrected chi connectivity index (χ3v) is 4.19. The molecule has 1 fully saturated rings. The van der Waals surface area contributed by atoms with Crippen LogP contribution in [0.25, 0.3) is 0 Å². The summed E-state index contributed by atoms with van der Waals surface area (Å²) >= 11 is 0. The van der Waals surface area contributed by atoms with E-state index in [4.69, 9.17) is 9.47 Å². The van der Waals surface area contributed by atoms with Gasteiger partial charge in [0.15, 0.2) is 5.96 Å². The minimum atomic E-state index is -0.456. The van der Waals surface area contributed by atoms with Gasteiger partial charge in [-0.05, 0) is 53.4 Å². The molecule has 0 aromatic carbocycles. The van der Waals surface area contributed by atoms with Gasteiger partial charge in [-0.2, -0.15) is 0 Å². The fourth-order valence-corrected chi connectivity index (χ4v) is 2.55. The van der Waals surface area contributed by atoms with Gasteiger partial charge in [0.05, 0.1) is 5.60 Å². The normalized spacial score (nSPS) is 19.6. The van der Waals surface area contributed by atoms with E-state index in [0.29, 0.717) is 19.0 Å². The van der Waals surface area contributed by atoms with Gasteiger partial charge in [-0.3, -0.25) is 4.99 Å². The number of rotatable bonds is 5. The topological polar surface area (TPSA) is 75.2 Å². The molecule has 7 heteroatoms. The SMILES string of the molecule is CN=C(NCC1CCCN(C(=O)OC(C)(C)C)C1)NCC(C)(C)OC. The molecular weight excluding hydrogens is 320 g/mol. The first kappa shape index (κ1) is 21.5. The summed E-state index contributed by atoms with van der Waals surface area (Å²) in [4.78, 5) is 18.3. The highest BCUT2D eigenvalue weighted by Gasteiger charge is 2.27. The smallest absolute Gasteiger partial charge is 0.410 e. The van der Waals surface area contributed by atoms with Crippen LogP contribution in [0.5, 0.6) is 0 Å². The van der Waals surface area contributed by atoms with Crippen LogP contribution < -0.4 is 10.6 Å². The zero-order valence-electron chi connectivity index (χ0n) is 16.9. The lowest BCUT2D eigenvalue weighted by atomic mass is 9.98. The maximum Gasteiger partial charge on any atom is 0.410 e. The van der Waals surface area contributed by atoms with E-state index in [-0.39, 0.29) is 11.7 Å². The van der Waals surface area contributed by atoms with Crippen molar-refractivity contribution >= 4 is 12.1 Å². The molecule has 0 aromatic rings. The standard InChI is InChI=1S/C18H36N4O3/c1-17(2,3)25-16(23)22-10-8-9-14(12-22)11-20-15(19-6)21-13-18(4,5)24-7/h14H,8-13H2,1-7H3,(H2,19,20,21). The van der Waals surface area contributed by atoms with Crippen LogP contribution in [0.3, 0.4) is 0 Å². The zero-order chi connectivity index (χ0) is 19.1. The van der Waals surface area contributed by atoms with Gasteiger partial charge < -0.3 is 25.0 Å². The van der Waals surface area contributed by atoms with E-state index in [2.05, 4.69) is 15.6 Å². The lowest BCUT2D eigenvalue weighted by Crippen LogP contribution is -2.49. The number of nitrogens with one attached hydrogen (secondary N) is 2. The second-order valence-electron chi connectivity index (χ2n) is 8.21. The third kappa shape index (κ3) is 8.43. The summed E-state index contributed by atoms with van der Waals surface area (Å²) in [5.41, 5.74) is -0.710. The molecule has 1 rings (SSSR count). The second kappa shape index (κ2) is 9.27. The Bertz CT molecular complexity index is 458. The van der Waals surface area contributed by atoms with Gasteiger partial charge in [-0.25, -0.2) is 4.79 Å². The van der Waals surface area contributed by atoms with E-state index in [1.165, 1.54) is 0 Å². The molecule has 1 saturated heterocycles. The zero-order valence-corrected chi connectivity index (χ0v) is 16.9. The number of methoxy groups -OCH3 is 1. The van der Waals surface area contributed by atoms with Gasteiger partial charge in [-0.15, -0.1) is 0 Å². The van der Waals surface area contributed by atoms with E-state index in [9.17, 15) is 4.79 Å². The number of nitrogens with zero attached hydrogens (tertiary/aromatic N) is 2. The molecule has 25 heavy (non-hydrogen) atoms. The lowest BCUT2D eigenvalue weighted by molar-refractivity contribution is 0.0167. The molecule has 0 bridgehead atoms. The summed E-state index contributed by atoms with van der Waals surface area (Å²) in [5, 5.41) is 6.62. The van der Waals surface area contributed by atoms with Crippen LogP contribution >= 0.6 is 0 Å². The Morgan fingerprint density at radius 1 is 1.24 bits per heavy atom. The monoisotopic (exact) mass is 356 g/mol. The van der Waals surface area contributed by atoms with E-state index in [1.807, 2.05) is 39.5 Å². The van der Waals surface area contributed by atoms with Crippen molar-refractivity contribution < 1.29 is 14.3 Å². The molecule has 0 spiro atoms. The van der Waals surface area contributed by atoms with Crippen LogP contribution in [-0.4, -0.2) is 68.5 Å². The summed E-state index contributed by atoms with van der Waals surface area (Å²) in [5.74, 6) is 1.13. The van der Waals surface area contributed by atoms with Crippen molar-refractivity contribution in [2.75, 3.05) is 40.3 Å². The largest absolute Gasteiger partial charge is 0.444 e. The first-order valence-electron chi connectivity index (χ1n) is 9.04. The van der Waals surface area contributed by atoms with Crippen LogP contribution in [0.2, 0.25) is 0 Å². The summed E-state index contributed by atoms with van der Waals surface area (Å²) < 4.78 is 10.9. The first-order chi connectivity index (χ1) is 11.6. The van der Waals surface area contributed by atoms with Crippen LogP contribution in [-0.2, 0) is 9.47 Å². The molecule has 1 heterocycles. The Balaban J connectivity index is 2.44. The van der Waals surface area contributed by atoms with Gasteiger partial charge in [-0.1, -0.05) is 0 Å². The number of guanidine groups is 1. The molecule has 0 saturated carbocycles.